The van der Waals surface area contributed by atoms with Crippen LogP contribution in [0.3, 0.4) is 0 Å². The van der Waals surface area contributed by atoms with Gasteiger partial charge in [0.1, 0.15) is 17.3 Å². The van der Waals surface area contributed by atoms with Gasteiger partial charge in [-0.1, -0.05) is 28.1 Å². The van der Waals surface area contributed by atoms with Crippen molar-refractivity contribution in [2.24, 2.45) is 4.99 Å². The maximum absolute atomic E-state index is 13.6. The van der Waals surface area contributed by atoms with Crippen molar-refractivity contribution in [3.05, 3.63) is 63.2 Å². The quantitative estimate of drug-likeness (QED) is 0.753. The second-order valence-electron chi connectivity index (χ2n) is 4.64. The summed E-state index contributed by atoms with van der Waals surface area (Å²) in [5.74, 6) is -0.741. The van der Waals surface area contributed by atoms with E-state index in [1.54, 1.807) is 30.3 Å². The fourth-order valence-corrected chi connectivity index (χ4v) is 3.12. The molecule has 0 spiro atoms. The molecular weight excluding hydrogens is 383 g/mol. The van der Waals surface area contributed by atoms with Crippen molar-refractivity contribution in [1.29, 1.82) is 0 Å². The largest absolute Gasteiger partial charge is 0.507 e. The standard InChI is InChI=1S/C16H10BrFN2O2S/c17-10-5-6-13(21)9(7-10)8-14-15(22)20-16(23-14)19-12-4-2-1-3-11(12)18/h1-8,21H,(H,19,20,22)/b14-8-. The first-order valence-electron chi connectivity index (χ1n) is 6.55. The van der Waals surface area contributed by atoms with Crippen LogP contribution in [-0.2, 0) is 4.79 Å². The average molecular weight is 393 g/mol. The summed E-state index contributed by atoms with van der Waals surface area (Å²) in [6, 6.07) is 11.0. The highest BCUT2D eigenvalue weighted by Crippen LogP contribution is 2.31. The number of hydrogen-bond donors (Lipinski definition) is 2. The molecule has 0 bridgehead atoms. The van der Waals surface area contributed by atoms with Gasteiger partial charge in [-0.3, -0.25) is 4.79 Å². The first kappa shape index (κ1) is 15.8. The Kier molecular flexibility index (Phi) is 4.49. The number of carbonyl (C=O) groups excluding carboxylic acids is 1. The van der Waals surface area contributed by atoms with E-state index in [2.05, 4.69) is 26.2 Å². The number of nitrogens with one attached hydrogen (secondary N) is 1. The molecule has 0 radical (unpaired) electrons. The van der Waals surface area contributed by atoms with Gasteiger partial charge < -0.3 is 10.4 Å². The molecule has 1 saturated heterocycles. The Bertz CT molecular complexity index is 852. The van der Waals surface area contributed by atoms with Crippen molar-refractivity contribution in [2.75, 3.05) is 0 Å². The third kappa shape index (κ3) is 3.62. The Balaban J connectivity index is 1.90. The third-order valence-corrected chi connectivity index (χ3v) is 4.40. The number of rotatable bonds is 2. The lowest BCUT2D eigenvalue weighted by atomic mass is 10.2. The van der Waals surface area contributed by atoms with Gasteiger partial charge in [-0.05, 0) is 48.2 Å². The Hall–Kier alpha value is -2.12. The second kappa shape index (κ2) is 6.55. The van der Waals surface area contributed by atoms with Crippen molar-refractivity contribution in [2.45, 2.75) is 0 Å². The number of aliphatic imine (C=N–C) groups is 1. The number of carbonyl (C=O) groups is 1. The molecule has 3 rings (SSSR count). The molecule has 0 unspecified atom stereocenters. The van der Waals surface area contributed by atoms with E-state index < -0.39 is 5.82 Å². The molecule has 0 saturated carbocycles. The van der Waals surface area contributed by atoms with Gasteiger partial charge >= 0.3 is 0 Å². The predicted octanol–water partition coefficient (Wildman–Crippen LogP) is 4.19. The molecule has 0 aliphatic carbocycles. The maximum atomic E-state index is 13.6. The van der Waals surface area contributed by atoms with Crippen LogP contribution in [0, 0.1) is 5.82 Å². The van der Waals surface area contributed by atoms with E-state index in [0.717, 1.165) is 16.2 Å². The minimum atomic E-state index is -0.461. The number of thioether (sulfide) groups is 1. The molecule has 1 aliphatic heterocycles. The summed E-state index contributed by atoms with van der Waals surface area (Å²) in [4.78, 5) is 16.5. The fourth-order valence-electron chi connectivity index (χ4n) is 1.91. The van der Waals surface area contributed by atoms with Gasteiger partial charge in [0.25, 0.3) is 5.91 Å². The number of amidine groups is 1. The van der Waals surface area contributed by atoms with E-state index in [1.807, 2.05) is 0 Å². The maximum Gasteiger partial charge on any atom is 0.264 e. The van der Waals surface area contributed by atoms with E-state index in [0.29, 0.717) is 15.6 Å². The minimum absolute atomic E-state index is 0.0635. The average Bonchev–Trinajstić information content (AvgIpc) is 2.85. The van der Waals surface area contributed by atoms with Crippen LogP contribution in [0.2, 0.25) is 0 Å². The SMILES string of the molecule is O=C1NC(=Nc2ccccc2F)S/C1=C\c1cc(Br)ccc1O. The van der Waals surface area contributed by atoms with Crippen LogP contribution in [0.25, 0.3) is 6.08 Å². The van der Waals surface area contributed by atoms with Gasteiger partial charge in [-0.25, -0.2) is 9.38 Å². The highest BCUT2D eigenvalue weighted by atomic mass is 79.9. The molecule has 1 fully saturated rings. The van der Waals surface area contributed by atoms with Crippen molar-refractivity contribution < 1.29 is 14.3 Å². The lowest BCUT2D eigenvalue weighted by Gasteiger charge is -2.00. The predicted molar refractivity (Wildman–Crippen MR) is 93.0 cm³/mol. The normalized spacial score (nSPS) is 17.7. The van der Waals surface area contributed by atoms with Gasteiger partial charge in [-0.2, -0.15) is 0 Å². The summed E-state index contributed by atoms with van der Waals surface area (Å²) in [5, 5.41) is 12.7. The Morgan fingerprint density at radius 2 is 2.04 bits per heavy atom. The Morgan fingerprint density at radius 3 is 2.83 bits per heavy atom. The lowest BCUT2D eigenvalue weighted by molar-refractivity contribution is -0.115. The summed E-state index contributed by atoms with van der Waals surface area (Å²) in [5.41, 5.74) is 0.658. The highest BCUT2D eigenvalue weighted by molar-refractivity contribution is 9.10. The van der Waals surface area contributed by atoms with Crippen LogP contribution < -0.4 is 5.32 Å². The summed E-state index contributed by atoms with van der Waals surface area (Å²) in [6.45, 7) is 0. The van der Waals surface area contributed by atoms with E-state index in [-0.39, 0.29) is 17.3 Å². The van der Waals surface area contributed by atoms with Crippen LogP contribution in [-0.4, -0.2) is 16.2 Å². The molecule has 7 heteroatoms. The third-order valence-electron chi connectivity index (χ3n) is 3.00. The number of para-hydroxylation sites is 1. The van der Waals surface area contributed by atoms with Crippen LogP contribution in [0.5, 0.6) is 5.75 Å². The molecule has 0 aromatic heterocycles. The number of halogens is 2. The zero-order chi connectivity index (χ0) is 16.4. The monoisotopic (exact) mass is 392 g/mol. The minimum Gasteiger partial charge on any atom is -0.507 e. The Labute approximate surface area is 144 Å². The zero-order valence-corrected chi connectivity index (χ0v) is 14.0. The van der Waals surface area contributed by atoms with Crippen molar-refractivity contribution in [3.63, 3.8) is 0 Å². The molecule has 1 heterocycles. The van der Waals surface area contributed by atoms with Gasteiger partial charge in [0.15, 0.2) is 5.17 Å². The fraction of sp³-hybridized carbons (Fsp3) is 0. The lowest BCUT2D eigenvalue weighted by Crippen LogP contribution is -2.19. The molecule has 2 aromatic rings. The molecule has 0 atom stereocenters. The first-order chi connectivity index (χ1) is 11.0. The first-order valence-corrected chi connectivity index (χ1v) is 8.16. The molecule has 4 nitrogen and oxygen atoms in total. The number of phenols is 1. The van der Waals surface area contributed by atoms with Crippen LogP contribution in [0.15, 0.2) is 56.8 Å². The van der Waals surface area contributed by atoms with Gasteiger partial charge in [0, 0.05) is 10.0 Å². The van der Waals surface area contributed by atoms with Crippen molar-refractivity contribution >= 4 is 50.5 Å². The van der Waals surface area contributed by atoms with Crippen molar-refractivity contribution in [1.82, 2.24) is 5.32 Å². The van der Waals surface area contributed by atoms with Gasteiger partial charge in [0.2, 0.25) is 0 Å². The van der Waals surface area contributed by atoms with Crippen LogP contribution >= 0.6 is 27.7 Å². The van der Waals surface area contributed by atoms with Crippen molar-refractivity contribution in [3.8, 4) is 5.75 Å². The second-order valence-corrected chi connectivity index (χ2v) is 6.58. The number of benzene rings is 2. The molecular formula is C16H10BrFN2O2S. The summed E-state index contributed by atoms with van der Waals surface area (Å²) >= 11 is 4.40. The number of phenolic OH excluding ortho intramolecular Hbond substituents is 1. The van der Waals surface area contributed by atoms with E-state index in [1.165, 1.54) is 18.2 Å². The van der Waals surface area contributed by atoms with Gasteiger partial charge in [0.05, 0.1) is 4.91 Å². The van der Waals surface area contributed by atoms with E-state index >= 15 is 0 Å². The van der Waals surface area contributed by atoms with Gasteiger partial charge in [-0.15, -0.1) is 0 Å². The number of nitrogens with zero attached hydrogens (tertiary/aromatic N) is 1. The summed E-state index contributed by atoms with van der Waals surface area (Å²) < 4.78 is 14.4. The van der Waals surface area contributed by atoms with E-state index in [4.69, 9.17) is 0 Å². The van der Waals surface area contributed by atoms with E-state index in [9.17, 15) is 14.3 Å². The molecule has 23 heavy (non-hydrogen) atoms. The molecule has 1 amide bonds. The molecule has 2 aromatic carbocycles. The zero-order valence-electron chi connectivity index (χ0n) is 11.6. The van der Waals surface area contributed by atoms with Crippen LogP contribution in [0.4, 0.5) is 10.1 Å². The molecule has 2 N–H and O–H groups in total. The number of hydrogen-bond acceptors (Lipinski definition) is 4. The number of amides is 1. The smallest absolute Gasteiger partial charge is 0.264 e. The Morgan fingerprint density at radius 1 is 1.26 bits per heavy atom. The highest BCUT2D eigenvalue weighted by Gasteiger charge is 2.24. The number of aromatic hydroxyl groups is 1. The molecule has 1 aliphatic rings. The summed E-state index contributed by atoms with van der Waals surface area (Å²) in [6.07, 6.45) is 1.56. The van der Waals surface area contributed by atoms with Crippen LogP contribution in [0.1, 0.15) is 5.56 Å². The topological polar surface area (TPSA) is 61.7 Å². The molecule has 116 valence electrons. The summed E-state index contributed by atoms with van der Waals surface area (Å²) in [7, 11) is 0.